The molecule has 1 aromatic heterocycles. The van der Waals surface area contributed by atoms with Gasteiger partial charge in [-0.3, -0.25) is 4.79 Å². The van der Waals surface area contributed by atoms with Gasteiger partial charge in [0.15, 0.2) is 11.5 Å². The third-order valence-electron chi connectivity index (χ3n) is 6.72. The van der Waals surface area contributed by atoms with Gasteiger partial charge in [0.2, 0.25) is 0 Å². The van der Waals surface area contributed by atoms with Crippen molar-refractivity contribution in [1.29, 1.82) is 0 Å². The van der Waals surface area contributed by atoms with Crippen molar-refractivity contribution in [3.63, 3.8) is 0 Å². The second kappa shape index (κ2) is 8.86. The molecule has 0 amide bonds. The quantitative estimate of drug-likeness (QED) is 0.300. The molecule has 4 aromatic rings. The van der Waals surface area contributed by atoms with E-state index in [-0.39, 0.29) is 24.1 Å². The lowest BCUT2D eigenvalue weighted by molar-refractivity contribution is -0.141. The normalized spacial score (nSPS) is 18.0. The molecule has 0 unspecified atom stereocenters. The van der Waals surface area contributed by atoms with Gasteiger partial charge in [0, 0.05) is 41.7 Å². The van der Waals surface area contributed by atoms with Crippen LogP contribution < -0.4 is 14.2 Å². The number of halogens is 1. The van der Waals surface area contributed by atoms with Gasteiger partial charge in [-0.2, -0.15) is 0 Å². The van der Waals surface area contributed by atoms with Crippen LogP contribution in [0.15, 0.2) is 52.9 Å². The minimum absolute atomic E-state index is 0.0500. The number of oxazole rings is 1. The number of nitrogens with zero attached hydrogens (tertiary/aromatic N) is 1. The zero-order valence-electron chi connectivity index (χ0n) is 19.9. The summed E-state index contributed by atoms with van der Waals surface area (Å²) in [6, 6.07) is 14.0. The maximum absolute atomic E-state index is 15.0. The smallest absolute Gasteiger partial charge is 0.306 e. The minimum Gasteiger partial charge on any atom is -0.492 e. The average Bonchev–Trinajstić information content (AvgIpc) is 3.57. The van der Waals surface area contributed by atoms with E-state index in [1.165, 1.54) is 13.2 Å². The van der Waals surface area contributed by atoms with E-state index in [1.54, 1.807) is 25.1 Å². The molecule has 0 bridgehead atoms. The number of fused-ring (bicyclic) bond motifs is 3. The molecule has 0 radical (unpaired) electrons. The molecule has 2 atom stereocenters. The van der Waals surface area contributed by atoms with E-state index >= 15 is 0 Å². The number of benzene rings is 3. The number of aryl methyl sites for hydroxylation is 1. The Kier molecular flexibility index (Phi) is 5.51. The maximum atomic E-state index is 15.0. The van der Waals surface area contributed by atoms with Crippen molar-refractivity contribution in [1.82, 2.24) is 4.98 Å². The fraction of sp³-hybridized carbons (Fsp3) is 0.286. The van der Waals surface area contributed by atoms with Gasteiger partial charge in [-0.1, -0.05) is 6.07 Å². The van der Waals surface area contributed by atoms with Crippen LogP contribution in [0.2, 0.25) is 0 Å². The molecule has 184 valence electrons. The van der Waals surface area contributed by atoms with E-state index in [0.29, 0.717) is 59.5 Å². The van der Waals surface area contributed by atoms with E-state index in [4.69, 9.17) is 23.4 Å². The van der Waals surface area contributed by atoms with Crippen LogP contribution in [0.25, 0.3) is 11.1 Å². The Labute approximate surface area is 206 Å². The van der Waals surface area contributed by atoms with Crippen molar-refractivity contribution >= 4 is 17.1 Å². The number of rotatable bonds is 6. The maximum Gasteiger partial charge on any atom is 0.306 e. The summed E-state index contributed by atoms with van der Waals surface area (Å²) >= 11 is 0. The SMILES string of the molecule is COC(=O)C[C@@H]1COc2cc(O[C@@H]3CCc4c(Oc5ccc6nc(C)oc6c5)ccc(F)c43)ccc21. The molecular weight excluding hydrogens is 465 g/mol. The average molecular weight is 489 g/mol. The van der Waals surface area contributed by atoms with Crippen LogP contribution in [-0.2, 0) is 16.0 Å². The van der Waals surface area contributed by atoms with Gasteiger partial charge in [0.25, 0.3) is 0 Å². The highest BCUT2D eigenvalue weighted by Gasteiger charge is 2.32. The van der Waals surface area contributed by atoms with E-state index < -0.39 is 6.10 Å². The van der Waals surface area contributed by atoms with Crippen LogP contribution in [0.4, 0.5) is 4.39 Å². The van der Waals surface area contributed by atoms with Crippen LogP contribution in [0.5, 0.6) is 23.0 Å². The first kappa shape index (κ1) is 22.4. The van der Waals surface area contributed by atoms with Crippen molar-refractivity contribution < 1.29 is 32.5 Å². The second-order valence-electron chi connectivity index (χ2n) is 9.04. The van der Waals surface area contributed by atoms with Gasteiger partial charge in [-0.05, 0) is 43.2 Å². The second-order valence-corrected chi connectivity index (χ2v) is 9.04. The molecule has 0 spiro atoms. The molecule has 0 N–H and O–H groups in total. The minimum atomic E-state index is -0.451. The summed E-state index contributed by atoms with van der Waals surface area (Å²) in [4.78, 5) is 16.0. The zero-order chi connectivity index (χ0) is 24.8. The molecule has 1 aliphatic heterocycles. The predicted molar refractivity (Wildman–Crippen MR) is 128 cm³/mol. The summed E-state index contributed by atoms with van der Waals surface area (Å²) in [7, 11) is 1.38. The first-order valence-corrected chi connectivity index (χ1v) is 11.8. The summed E-state index contributed by atoms with van der Waals surface area (Å²) in [5, 5.41) is 0. The monoisotopic (exact) mass is 489 g/mol. The number of methoxy groups -OCH3 is 1. The number of esters is 1. The van der Waals surface area contributed by atoms with Crippen molar-refractivity contribution in [3.05, 3.63) is 76.9 Å². The predicted octanol–water partition coefficient (Wildman–Crippen LogP) is 6.17. The Morgan fingerprint density at radius 1 is 1.14 bits per heavy atom. The molecule has 0 saturated carbocycles. The summed E-state index contributed by atoms with van der Waals surface area (Å²) in [5.74, 6) is 2.38. The lowest BCUT2D eigenvalue weighted by Crippen LogP contribution is -2.09. The number of ether oxygens (including phenoxy) is 4. The van der Waals surface area contributed by atoms with Gasteiger partial charge < -0.3 is 23.4 Å². The third-order valence-corrected chi connectivity index (χ3v) is 6.72. The molecule has 36 heavy (non-hydrogen) atoms. The molecule has 1 aliphatic carbocycles. The molecule has 8 heteroatoms. The van der Waals surface area contributed by atoms with Crippen LogP contribution in [0, 0.1) is 12.7 Å². The number of carbonyl (C=O) groups is 1. The van der Waals surface area contributed by atoms with Crippen molar-refractivity contribution in [3.8, 4) is 23.0 Å². The first-order chi connectivity index (χ1) is 17.5. The Hall–Kier alpha value is -4.07. The van der Waals surface area contributed by atoms with E-state index in [0.717, 1.165) is 16.6 Å². The Morgan fingerprint density at radius 3 is 2.86 bits per heavy atom. The summed E-state index contributed by atoms with van der Waals surface area (Å²) in [5.41, 5.74) is 3.64. The standard InChI is InChI=1S/C28H24FNO6/c1-15-30-22-8-4-18(13-26(22)34-15)35-23-10-7-21(29)28-20(23)6-9-24(28)36-17-3-5-19-16(11-27(31)32-2)14-33-25(19)12-17/h3-5,7-8,10,12-13,16,24H,6,9,11,14H2,1-2H3/t16-,24-/m1/s1. The Bertz CT molecular complexity index is 1480. The van der Waals surface area contributed by atoms with Crippen LogP contribution >= 0.6 is 0 Å². The topological polar surface area (TPSA) is 80.0 Å². The lowest BCUT2D eigenvalue weighted by atomic mass is 9.98. The molecule has 6 rings (SSSR count). The van der Waals surface area contributed by atoms with Crippen molar-refractivity contribution in [2.24, 2.45) is 0 Å². The molecular formula is C28H24FNO6. The first-order valence-electron chi connectivity index (χ1n) is 11.8. The number of carbonyl (C=O) groups excluding carboxylic acids is 1. The number of hydrogen-bond acceptors (Lipinski definition) is 7. The Balaban J connectivity index is 1.22. The number of aromatic nitrogens is 1. The molecule has 0 saturated heterocycles. The molecule has 7 nitrogen and oxygen atoms in total. The summed E-state index contributed by atoms with van der Waals surface area (Å²) in [6.45, 7) is 2.20. The van der Waals surface area contributed by atoms with Gasteiger partial charge >= 0.3 is 5.97 Å². The molecule has 0 fully saturated rings. The largest absolute Gasteiger partial charge is 0.492 e. The van der Waals surface area contributed by atoms with Crippen molar-refractivity contribution in [2.75, 3.05) is 13.7 Å². The fourth-order valence-corrected chi connectivity index (χ4v) is 5.01. The van der Waals surface area contributed by atoms with Crippen LogP contribution in [0.1, 0.15) is 47.4 Å². The molecule has 3 aromatic carbocycles. The van der Waals surface area contributed by atoms with Gasteiger partial charge in [-0.15, -0.1) is 0 Å². The van der Waals surface area contributed by atoms with Crippen LogP contribution in [0.3, 0.4) is 0 Å². The Morgan fingerprint density at radius 2 is 2.00 bits per heavy atom. The zero-order valence-corrected chi connectivity index (χ0v) is 19.9. The highest BCUT2D eigenvalue weighted by atomic mass is 19.1. The third kappa shape index (κ3) is 4.02. The number of hydrogen-bond donors (Lipinski definition) is 0. The lowest BCUT2D eigenvalue weighted by Gasteiger charge is -2.17. The van der Waals surface area contributed by atoms with E-state index in [1.807, 2.05) is 24.3 Å². The molecule has 2 aliphatic rings. The van der Waals surface area contributed by atoms with E-state index in [2.05, 4.69) is 4.98 Å². The van der Waals surface area contributed by atoms with Crippen molar-refractivity contribution in [2.45, 2.75) is 38.2 Å². The van der Waals surface area contributed by atoms with Crippen LogP contribution in [-0.4, -0.2) is 24.7 Å². The van der Waals surface area contributed by atoms with Gasteiger partial charge in [-0.25, -0.2) is 9.37 Å². The highest BCUT2D eigenvalue weighted by molar-refractivity contribution is 5.74. The summed E-state index contributed by atoms with van der Waals surface area (Å²) < 4.78 is 43.5. The fourth-order valence-electron chi connectivity index (χ4n) is 5.01. The van der Waals surface area contributed by atoms with Gasteiger partial charge in [0.1, 0.15) is 40.4 Å². The highest BCUT2D eigenvalue weighted by Crippen LogP contribution is 2.44. The van der Waals surface area contributed by atoms with E-state index in [9.17, 15) is 9.18 Å². The van der Waals surface area contributed by atoms with Gasteiger partial charge in [0.05, 0.1) is 20.1 Å². The summed E-state index contributed by atoms with van der Waals surface area (Å²) in [6.07, 6.45) is 1.06. The molecule has 2 heterocycles.